The summed E-state index contributed by atoms with van der Waals surface area (Å²) in [7, 11) is 0. The first-order chi connectivity index (χ1) is 29.9. The molecule has 4 fully saturated rings. The van der Waals surface area contributed by atoms with Gasteiger partial charge < -0.3 is 25.0 Å². The molecule has 14 nitrogen and oxygen atoms in total. The molecule has 8 rings (SSSR count). The largest absolute Gasteiger partial charge is 0.573 e. The van der Waals surface area contributed by atoms with E-state index in [1.807, 2.05) is 36.0 Å². The summed E-state index contributed by atoms with van der Waals surface area (Å²) in [4.78, 5) is 60.7. The number of urea groups is 1. The molecule has 0 unspecified atom stereocenters. The number of benzene rings is 2. The Balaban J connectivity index is 0.808. The van der Waals surface area contributed by atoms with Crippen molar-refractivity contribution >= 4 is 46.0 Å². The molecule has 2 aromatic carbocycles. The van der Waals surface area contributed by atoms with Gasteiger partial charge in [-0.1, -0.05) is 6.07 Å². The Morgan fingerprint density at radius 2 is 1.68 bits per heavy atom. The molecule has 1 spiro atoms. The van der Waals surface area contributed by atoms with E-state index in [9.17, 15) is 37.5 Å². The molecule has 0 atom stereocenters. The zero-order chi connectivity index (χ0) is 44.7. The van der Waals surface area contributed by atoms with Gasteiger partial charge in [0.05, 0.1) is 22.8 Å². The van der Waals surface area contributed by atoms with Crippen LogP contribution in [0.25, 0.3) is 10.9 Å². The molecule has 4 aliphatic rings. The highest BCUT2D eigenvalue weighted by molar-refractivity contribution is 6.07. The maximum Gasteiger partial charge on any atom is 0.573 e. The van der Waals surface area contributed by atoms with E-state index in [0.29, 0.717) is 36.0 Å². The second-order valence-electron chi connectivity index (χ2n) is 18.3. The smallest absolute Gasteiger partial charge is 0.404 e. The molecular weight excluding hydrogens is 818 g/mol. The molecule has 1 saturated carbocycles. The number of hydrogen-bond donors (Lipinski definition) is 3. The Morgan fingerprint density at radius 3 is 2.35 bits per heavy atom. The fraction of sp³-hybridized carbons (Fsp3) is 0.522. The van der Waals surface area contributed by atoms with E-state index in [4.69, 9.17) is 5.10 Å². The second kappa shape index (κ2) is 17.5. The van der Waals surface area contributed by atoms with Gasteiger partial charge in [-0.05, 0) is 139 Å². The number of hydrogen-bond acceptors (Lipinski definition) is 9. The van der Waals surface area contributed by atoms with Gasteiger partial charge in [-0.15, -0.1) is 13.2 Å². The van der Waals surface area contributed by atoms with Gasteiger partial charge in [-0.25, -0.2) is 9.78 Å². The van der Waals surface area contributed by atoms with Crippen molar-refractivity contribution in [3.05, 3.63) is 77.2 Å². The van der Waals surface area contributed by atoms with E-state index in [2.05, 4.69) is 25.3 Å². The zero-order valence-electron chi connectivity index (χ0n) is 36.0. The van der Waals surface area contributed by atoms with Crippen molar-refractivity contribution in [2.24, 2.45) is 11.3 Å². The highest BCUT2D eigenvalue weighted by atomic mass is 19.4. The molecule has 0 radical (unpaired) electrons. The molecule has 3 saturated heterocycles. The monoisotopic (exact) mass is 872 g/mol. The number of halogens is 3. The highest BCUT2D eigenvalue weighted by Gasteiger charge is 2.40. The maximum atomic E-state index is 13.7. The third kappa shape index (κ3) is 10.1. The average molecular weight is 873 g/mol. The fourth-order valence-electron chi connectivity index (χ4n) is 9.83. The summed E-state index contributed by atoms with van der Waals surface area (Å²) in [5.41, 5.74) is 1.82. The van der Waals surface area contributed by atoms with Crippen molar-refractivity contribution in [3.8, 4) is 5.75 Å². The van der Waals surface area contributed by atoms with Crippen molar-refractivity contribution in [1.82, 2.24) is 29.9 Å². The number of anilines is 2. The number of rotatable bonds is 10. The molecule has 336 valence electrons. The van der Waals surface area contributed by atoms with Crippen molar-refractivity contribution in [1.29, 1.82) is 0 Å². The number of aliphatic hydroxyl groups is 1. The lowest BCUT2D eigenvalue weighted by Crippen LogP contribution is -2.50. The lowest BCUT2D eigenvalue weighted by molar-refractivity contribution is -0.274. The van der Waals surface area contributed by atoms with Gasteiger partial charge in [0.25, 0.3) is 11.8 Å². The summed E-state index contributed by atoms with van der Waals surface area (Å²) in [6.45, 7) is 9.18. The third-order valence-electron chi connectivity index (χ3n) is 13.5. The molecular formula is C46H55F3N8O6. The molecule has 2 aromatic heterocycles. The summed E-state index contributed by atoms with van der Waals surface area (Å²) < 4.78 is 45.9. The van der Waals surface area contributed by atoms with Crippen LogP contribution >= 0.6 is 0 Å². The van der Waals surface area contributed by atoms with E-state index < -0.39 is 29.7 Å². The molecule has 1 aliphatic carbocycles. The predicted molar refractivity (Wildman–Crippen MR) is 229 cm³/mol. The van der Waals surface area contributed by atoms with E-state index in [1.54, 1.807) is 30.9 Å². The van der Waals surface area contributed by atoms with Crippen LogP contribution < -0.4 is 20.3 Å². The standard InChI is InChI=1S/C46H55F3N8O6/c1-29-5-4-6-35(50-29)41(59)51-37-25-32-28-57(53-36(32)27-34(37)44(2,3)62)33-12-20-54(21-13-33)19-11-30-9-15-45(16-10-30)17-23-55(24-18-45)42(60)31-7-8-39(63-46(47,48)49)38(26-31)56-22-14-40(58)52-43(56)61/h4-8,25-28,30,33,62H,9-24H2,1-3H3,(H,51,59)(H,52,58,61). The van der Waals surface area contributed by atoms with Gasteiger partial charge >= 0.3 is 12.4 Å². The Labute approximate surface area is 364 Å². The normalized spacial score (nSPS) is 19.4. The number of nitrogens with zero attached hydrogens (tertiary/aromatic N) is 6. The third-order valence-corrected chi connectivity index (χ3v) is 13.5. The summed E-state index contributed by atoms with van der Waals surface area (Å²) in [5, 5.41) is 21.9. The van der Waals surface area contributed by atoms with Gasteiger partial charge in [0.2, 0.25) is 5.91 Å². The van der Waals surface area contributed by atoms with Crippen molar-refractivity contribution in [2.75, 3.05) is 49.5 Å². The van der Waals surface area contributed by atoms with Gasteiger partial charge in [0, 0.05) is 73.2 Å². The number of fused-ring (bicyclic) bond motifs is 1. The molecule has 4 aromatic rings. The Hall–Kier alpha value is -5.55. The number of pyridine rings is 1. The summed E-state index contributed by atoms with van der Waals surface area (Å²) in [6, 6.07) is 12.0. The molecule has 0 bridgehead atoms. The number of amides is 5. The van der Waals surface area contributed by atoms with Crippen molar-refractivity contribution in [3.63, 3.8) is 0 Å². The van der Waals surface area contributed by atoms with E-state index >= 15 is 0 Å². The van der Waals surface area contributed by atoms with Crippen molar-refractivity contribution in [2.45, 2.75) is 103 Å². The number of aromatic nitrogens is 3. The number of ether oxygens (including phenoxy) is 1. The number of carbonyl (C=O) groups excluding carboxylic acids is 4. The van der Waals surface area contributed by atoms with Crippen LogP contribution in [0.2, 0.25) is 0 Å². The first-order valence-corrected chi connectivity index (χ1v) is 22.0. The molecule has 17 heteroatoms. The number of nitrogens with one attached hydrogen (secondary N) is 2. The number of likely N-dealkylation sites (tertiary alicyclic amines) is 2. The summed E-state index contributed by atoms with van der Waals surface area (Å²) in [5.74, 6) is -1.17. The van der Waals surface area contributed by atoms with Gasteiger partial charge in [0.1, 0.15) is 5.69 Å². The zero-order valence-corrected chi connectivity index (χ0v) is 36.0. The van der Waals surface area contributed by atoms with Crippen molar-refractivity contribution < 1.29 is 42.2 Å². The van der Waals surface area contributed by atoms with E-state index in [0.717, 1.165) is 105 Å². The first-order valence-electron chi connectivity index (χ1n) is 22.0. The predicted octanol–water partition coefficient (Wildman–Crippen LogP) is 7.70. The van der Waals surface area contributed by atoms with Crippen LogP contribution in [-0.2, 0) is 10.4 Å². The molecule has 3 N–H and O–H groups in total. The Morgan fingerprint density at radius 1 is 0.952 bits per heavy atom. The minimum Gasteiger partial charge on any atom is -0.404 e. The number of aryl methyl sites for hydroxylation is 1. The lowest BCUT2D eigenvalue weighted by Gasteiger charge is -2.46. The fourth-order valence-corrected chi connectivity index (χ4v) is 9.83. The number of imide groups is 1. The maximum absolute atomic E-state index is 13.7. The van der Waals surface area contributed by atoms with E-state index in [-0.39, 0.29) is 47.5 Å². The quantitative estimate of drug-likeness (QED) is 0.145. The second-order valence-corrected chi connectivity index (χ2v) is 18.3. The highest BCUT2D eigenvalue weighted by Crippen LogP contribution is 2.47. The van der Waals surface area contributed by atoms with Crippen LogP contribution in [-0.4, -0.2) is 99.1 Å². The Bertz CT molecular complexity index is 2370. The lowest BCUT2D eigenvalue weighted by atomic mass is 9.65. The molecule has 3 aliphatic heterocycles. The van der Waals surface area contributed by atoms with Gasteiger partial charge in [-0.2, -0.15) is 5.10 Å². The van der Waals surface area contributed by atoms with Gasteiger partial charge in [-0.3, -0.25) is 29.3 Å². The molecule has 63 heavy (non-hydrogen) atoms. The van der Waals surface area contributed by atoms with Crippen LogP contribution in [0.1, 0.15) is 116 Å². The number of carbonyl (C=O) groups is 4. The number of piperidine rings is 2. The van der Waals surface area contributed by atoms with Crippen LogP contribution in [0.4, 0.5) is 29.3 Å². The average Bonchev–Trinajstić information content (AvgIpc) is 3.66. The Kier molecular flexibility index (Phi) is 12.3. The topological polar surface area (TPSA) is 162 Å². The van der Waals surface area contributed by atoms with Gasteiger partial charge in [0.15, 0.2) is 5.75 Å². The van der Waals surface area contributed by atoms with E-state index in [1.165, 1.54) is 12.1 Å². The summed E-state index contributed by atoms with van der Waals surface area (Å²) in [6.07, 6.45) is 6.24. The minimum absolute atomic E-state index is 0.0948. The van der Waals surface area contributed by atoms with Crippen LogP contribution in [0.15, 0.2) is 54.7 Å². The molecule has 5 heterocycles. The van der Waals surface area contributed by atoms with Crippen LogP contribution in [0.5, 0.6) is 5.75 Å². The molecule has 5 amide bonds. The number of alkyl halides is 3. The summed E-state index contributed by atoms with van der Waals surface area (Å²) >= 11 is 0. The minimum atomic E-state index is -5.01. The SMILES string of the molecule is Cc1cccc(C(=O)Nc2cc3cn(C4CCN(CCC5CCC6(CC5)CCN(C(=O)c5ccc(OC(F)(F)F)c(N7CCC(=O)NC7=O)c5)CC6)CC4)nc3cc2C(C)(C)O)n1. The van der Waals surface area contributed by atoms with Crippen LogP contribution in [0.3, 0.4) is 0 Å². The van der Waals surface area contributed by atoms with Crippen LogP contribution in [0, 0.1) is 18.3 Å². The first kappa shape index (κ1) is 44.1.